The van der Waals surface area contributed by atoms with Crippen LogP contribution >= 0.6 is 0 Å². The molecule has 2 unspecified atom stereocenters. The van der Waals surface area contributed by atoms with E-state index in [2.05, 4.69) is 38.7 Å². The number of aryl methyl sites for hydroxylation is 1. The minimum Gasteiger partial charge on any atom is -0.377 e. The Morgan fingerprint density at radius 2 is 2.33 bits per heavy atom. The van der Waals surface area contributed by atoms with E-state index in [1.165, 1.54) is 5.69 Å². The van der Waals surface area contributed by atoms with Crippen molar-refractivity contribution in [1.82, 2.24) is 20.4 Å². The van der Waals surface area contributed by atoms with Crippen molar-refractivity contribution in [2.45, 2.75) is 44.8 Å². The van der Waals surface area contributed by atoms with Gasteiger partial charge in [-0.05, 0) is 32.6 Å². The molecule has 152 valence electrons. The molecule has 2 aliphatic rings. The van der Waals surface area contributed by atoms with E-state index >= 15 is 0 Å². The molecular formula is C19H34N6O2. The lowest BCUT2D eigenvalue weighted by atomic mass is 10.1. The summed E-state index contributed by atoms with van der Waals surface area (Å²) in [6.07, 6.45) is 8.87. The van der Waals surface area contributed by atoms with Crippen LogP contribution in [0.15, 0.2) is 17.4 Å². The van der Waals surface area contributed by atoms with Gasteiger partial charge in [-0.15, -0.1) is 0 Å². The molecule has 2 fully saturated rings. The molecule has 0 bridgehead atoms. The quantitative estimate of drug-likeness (QED) is 0.401. The third-order valence-electron chi connectivity index (χ3n) is 5.00. The Balaban J connectivity index is 1.43. The van der Waals surface area contributed by atoms with Gasteiger partial charge in [0.2, 0.25) is 0 Å². The summed E-state index contributed by atoms with van der Waals surface area (Å²) in [4.78, 5) is 7.06. The number of aromatic nitrogens is 2. The van der Waals surface area contributed by atoms with Gasteiger partial charge in [-0.25, -0.2) is 0 Å². The largest absolute Gasteiger partial charge is 0.377 e. The molecule has 3 rings (SSSR count). The molecule has 2 saturated heterocycles. The van der Waals surface area contributed by atoms with Crippen molar-refractivity contribution in [2.75, 3.05) is 50.9 Å². The molecule has 0 radical (unpaired) electrons. The lowest BCUT2D eigenvalue weighted by Gasteiger charge is -2.34. The predicted octanol–water partition coefficient (Wildman–Crippen LogP) is 1.14. The second-order valence-corrected chi connectivity index (χ2v) is 7.27. The standard InChI is InChI=1S/C19H34N6O2/c1-3-20-19(21-8-11-26-15-18-7-5-10-27-18)23-16-6-4-9-25(13-16)17-12-22-24(2)14-17/h12,14,16,18H,3-11,13,15H2,1-2H3,(H2,20,21,23). The number of hydrogen-bond donors (Lipinski definition) is 2. The molecule has 3 heterocycles. The first-order chi connectivity index (χ1) is 13.2. The number of guanidine groups is 1. The fourth-order valence-corrected chi connectivity index (χ4v) is 3.63. The number of rotatable bonds is 8. The summed E-state index contributed by atoms with van der Waals surface area (Å²) in [5, 5.41) is 11.2. The monoisotopic (exact) mass is 378 g/mol. The maximum atomic E-state index is 5.71. The Hall–Kier alpha value is -1.80. The topological polar surface area (TPSA) is 75.9 Å². The highest BCUT2D eigenvalue weighted by atomic mass is 16.5. The Morgan fingerprint density at radius 3 is 3.07 bits per heavy atom. The first-order valence-corrected chi connectivity index (χ1v) is 10.2. The summed E-state index contributed by atoms with van der Waals surface area (Å²) >= 11 is 0. The van der Waals surface area contributed by atoms with E-state index in [1.54, 1.807) is 0 Å². The van der Waals surface area contributed by atoms with Gasteiger partial charge < -0.3 is 25.0 Å². The molecule has 2 N–H and O–H groups in total. The molecule has 27 heavy (non-hydrogen) atoms. The molecule has 2 atom stereocenters. The lowest BCUT2D eigenvalue weighted by Crippen LogP contribution is -2.51. The summed E-state index contributed by atoms with van der Waals surface area (Å²) in [5.74, 6) is 0.872. The molecule has 0 aliphatic carbocycles. The van der Waals surface area contributed by atoms with Crippen LogP contribution in [0.4, 0.5) is 5.69 Å². The van der Waals surface area contributed by atoms with Crippen LogP contribution < -0.4 is 15.5 Å². The summed E-state index contributed by atoms with van der Waals surface area (Å²) in [6, 6.07) is 0.379. The molecular weight excluding hydrogens is 344 g/mol. The second kappa shape index (κ2) is 10.5. The fourth-order valence-electron chi connectivity index (χ4n) is 3.63. The number of anilines is 1. The average molecular weight is 379 g/mol. The van der Waals surface area contributed by atoms with Gasteiger partial charge in [-0.1, -0.05) is 0 Å². The van der Waals surface area contributed by atoms with Crippen LogP contribution in [0.25, 0.3) is 0 Å². The van der Waals surface area contributed by atoms with Crippen LogP contribution in [0.1, 0.15) is 32.6 Å². The number of piperidine rings is 1. The molecule has 1 aromatic heterocycles. The zero-order chi connectivity index (χ0) is 18.9. The van der Waals surface area contributed by atoms with Crippen molar-refractivity contribution in [3.8, 4) is 0 Å². The highest BCUT2D eigenvalue weighted by Gasteiger charge is 2.21. The van der Waals surface area contributed by atoms with Crippen molar-refractivity contribution in [3.63, 3.8) is 0 Å². The normalized spacial score (nSPS) is 23.6. The molecule has 0 aromatic carbocycles. The van der Waals surface area contributed by atoms with E-state index in [-0.39, 0.29) is 6.10 Å². The van der Waals surface area contributed by atoms with E-state index in [9.17, 15) is 0 Å². The van der Waals surface area contributed by atoms with Crippen LogP contribution in [0, 0.1) is 0 Å². The highest BCUT2D eigenvalue weighted by molar-refractivity contribution is 5.80. The number of nitrogens with zero attached hydrogens (tertiary/aromatic N) is 4. The van der Waals surface area contributed by atoms with Crippen LogP contribution in [0.2, 0.25) is 0 Å². The highest BCUT2D eigenvalue weighted by Crippen LogP contribution is 2.19. The van der Waals surface area contributed by atoms with E-state index in [4.69, 9.17) is 9.47 Å². The Labute approximate surface area is 162 Å². The van der Waals surface area contributed by atoms with E-state index in [1.807, 2.05) is 17.9 Å². The van der Waals surface area contributed by atoms with Gasteiger partial charge in [0, 0.05) is 45.5 Å². The number of hydrogen-bond acceptors (Lipinski definition) is 5. The number of ether oxygens (including phenoxy) is 2. The van der Waals surface area contributed by atoms with Gasteiger partial charge in [-0.3, -0.25) is 9.67 Å². The van der Waals surface area contributed by atoms with Crippen molar-refractivity contribution in [1.29, 1.82) is 0 Å². The first kappa shape index (κ1) is 19.9. The summed E-state index contributed by atoms with van der Waals surface area (Å²) in [7, 11) is 1.96. The number of aliphatic imine (C=N–C) groups is 1. The van der Waals surface area contributed by atoms with Crippen molar-refractivity contribution in [3.05, 3.63) is 12.4 Å². The Morgan fingerprint density at radius 1 is 1.41 bits per heavy atom. The SMILES string of the molecule is CCNC(=NCCOCC1CCCO1)NC1CCCN(c2cnn(C)c2)C1. The van der Waals surface area contributed by atoms with Crippen LogP contribution in [-0.2, 0) is 16.5 Å². The minimum absolute atomic E-state index is 0.279. The third kappa shape index (κ3) is 6.39. The second-order valence-electron chi connectivity index (χ2n) is 7.27. The summed E-state index contributed by atoms with van der Waals surface area (Å²) in [6.45, 7) is 7.82. The van der Waals surface area contributed by atoms with E-state index < -0.39 is 0 Å². The molecule has 0 amide bonds. The first-order valence-electron chi connectivity index (χ1n) is 10.2. The van der Waals surface area contributed by atoms with Gasteiger partial charge in [0.05, 0.1) is 37.7 Å². The zero-order valence-corrected chi connectivity index (χ0v) is 16.7. The number of nitrogens with one attached hydrogen (secondary N) is 2. The minimum atomic E-state index is 0.279. The third-order valence-corrected chi connectivity index (χ3v) is 5.00. The van der Waals surface area contributed by atoms with E-state index in [0.29, 0.717) is 25.8 Å². The van der Waals surface area contributed by atoms with Gasteiger partial charge >= 0.3 is 0 Å². The van der Waals surface area contributed by atoms with E-state index in [0.717, 1.165) is 57.9 Å². The predicted molar refractivity (Wildman–Crippen MR) is 107 cm³/mol. The van der Waals surface area contributed by atoms with Crippen molar-refractivity contribution >= 4 is 11.6 Å². The fraction of sp³-hybridized carbons (Fsp3) is 0.789. The van der Waals surface area contributed by atoms with Gasteiger partial charge in [0.1, 0.15) is 0 Å². The maximum Gasteiger partial charge on any atom is 0.191 e. The smallest absolute Gasteiger partial charge is 0.191 e. The Kier molecular flexibility index (Phi) is 7.77. The van der Waals surface area contributed by atoms with Crippen LogP contribution in [0.3, 0.4) is 0 Å². The zero-order valence-electron chi connectivity index (χ0n) is 16.7. The average Bonchev–Trinajstić information content (AvgIpc) is 3.33. The van der Waals surface area contributed by atoms with Gasteiger partial charge in [0.25, 0.3) is 0 Å². The summed E-state index contributed by atoms with van der Waals surface area (Å²) in [5.41, 5.74) is 1.19. The van der Waals surface area contributed by atoms with Gasteiger partial charge in [0.15, 0.2) is 5.96 Å². The van der Waals surface area contributed by atoms with Crippen LogP contribution in [0.5, 0.6) is 0 Å². The van der Waals surface area contributed by atoms with Crippen LogP contribution in [-0.4, -0.2) is 73.9 Å². The molecule has 8 nitrogen and oxygen atoms in total. The molecule has 0 saturated carbocycles. The molecule has 8 heteroatoms. The van der Waals surface area contributed by atoms with Crippen molar-refractivity contribution in [2.24, 2.45) is 12.0 Å². The molecule has 0 spiro atoms. The Bertz CT molecular complexity index is 585. The van der Waals surface area contributed by atoms with Crippen molar-refractivity contribution < 1.29 is 9.47 Å². The maximum absolute atomic E-state index is 5.71. The van der Waals surface area contributed by atoms with Gasteiger partial charge in [-0.2, -0.15) is 5.10 Å². The molecule has 2 aliphatic heterocycles. The summed E-state index contributed by atoms with van der Waals surface area (Å²) < 4.78 is 13.1. The molecule has 1 aromatic rings. The lowest BCUT2D eigenvalue weighted by molar-refractivity contribution is 0.0200.